The lowest BCUT2D eigenvalue weighted by atomic mass is 10.0. The molecule has 2 aromatic rings. The maximum Gasteiger partial charge on any atom is 0.419 e. The number of hydrogen-bond acceptors (Lipinski definition) is 6. The molecular formula is C17H22N2O6S2. The van der Waals surface area contributed by atoms with E-state index in [0.717, 1.165) is 19.3 Å². The predicted octanol–water partition coefficient (Wildman–Crippen LogP) is 1.25. The van der Waals surface area contributed by atoms with Crippen molar-refractivity contribution < 1.29 is 21.3 Å². The van der Waals surface area contributed by atoms with Crippen molar-refractivity contribution in [2.24, 2.45) is 7.05 Å². The van der Waals surface area contributed by atoms with E-state index in [1.165, 1.54) is 34.1 Å². The molecule has 0 atom stereocenters. The minimum absolute atomic E-state index is 0.0104. The Labute approximate surface area is 157 Å². The minimum atomic E-state index is -3.81. The van der Waals surface area contributed by atoms with E-state index in [4.69, 9.17) is 4.42 Å². The summed E-state index contributed by atoms with van der Waals surface area (Å²) in [7, 11) is -5.62. The number of aryl methyl sites for hydroxylation is 1. The van der Waals surface area contributed by atoms with Crippen LogP contribution in [0, 0.1) is 0 Å². The zero-order valence-corrected chi connectivity index (χ0v) is 16.6. The molecule has 2 heterocycles. The smallest absolute Gasteiger partial charge is 0.408 e. The Morgan fingerprint density at radius 2 is 1.67 bits per heavy atom. The number of oxazole rings is 1. The van der Waals surface area contributed by atoms with Gasteiger partial charge in [-0.3, -0.25) is 4.57 Å². The minimum Gasteiger partial charge on any atom is -0.408 e. The second-order valence-electron chi connectivity index (χ2n) is 7.35. The molecule has 0 spiro atoms. The van der Waals surface area contributed by atoms with Crippen LogP contribution < -0.4 is 5.76 Å². The highest BCUT2D eigenvalue weighted by Crippen LogP contribution is 2.32. The number of nitrogens with zero attached hydrogens (tertiary/aromatic N) is 2. The summed E-state index contributed by atoms with van der Waals surface area (Å²) in [5, 5.41) is -0.963. The maximum atomic E-state index is 12.8. The third kappa shape index (κ3) is 3.03. The first-order valence-corrected chi connectivity index (χ1v) is 12.1. The fourth-order valence-corrected chi connectivity index (χ4v) is 7.94. The Hall–Kier alpha value is -1.65. The van der Waals surface area contributed by atoms with Crippen molar-refractivity contribution in [3.63, 3.8) is 0 Å². The molecule has 1 aromatic heterocycles. The largest absolute Gasteiger partial charge is 0.419 e. The lowest BCUT2D eigenvalue weighted by molar-refractivity contribution is 0.306. The molecule has 4 rings (SSSR count). The van der Waals surface area contributed by atoms with Gasteiger partial charge in [-0.25, -0.2) is 21.6 Å². The number of aromatic nitrogens is 1. The van der Waals surface area contributed by atoms with E-state index in [1.807, 2.05) is 0 Å². The lowest BCUT2D eigenvalue weighted by Crippen LogP contribution is -2.58. The van der Waals surface area contributed by atoms with Gasteiger partial charge in [-0.2, -0.15) is 4.31 Å². The van der Waals surface area contributed by atoms with Gasteiger partial charge < -0.3 is 4.42 Å². The summed E-state index contributed by atoms with van der Waals surface area (Å²) >= 11 is 0. The first-order valence-electron chi connectivity index (χ1n) is 9.04. The quantitative estimate of drug-likeness (QED) is 0.745. The molecule has 1 aliphatic heterocycles. The van der Waals surface area contributed by atoms with Gasteiger partial charge in [0, 0.05) is 20.1 Å². The monoisotopic (exact) mass is 414 g/mol. The average Bonchev–Trinajstić information content (AvgIpc) is 2.88. The number of fused-ring (bicyclic) bond motifs is 1. The van der Waals surface area contributed by atoms with E-state index < -0.39 is 30.9 Å². The highest BCUT2D eigenvalue weighted by Gasteiger charge is 2.46. The molecule has 1 aromatic carbocycles. The van der Waals surface area contributed by atoms with Crippen molar-refractivity contribution in [2.75, 3.05) is 13.1 Å². The summed E-state index contributed by atoms with van der Waals surface area (Å²) in [6.07, 6.45) is 4.26. The van der Waals surface area contributed by atoms with Crippen LogP contribution in [0.25, 0.3) is 11.1 Å². The topological polar surface area (TPSA) is 107 Å². The summed E-state index contributed by atoms with van der Waals surface area (Å²) < 4.78 is 58.6. The number of benzene rings is 1. The van der Waals surface area contributed by atoms with Crippen LogP contribution in [0.15, 0.2) is 32.3 Å². The number of hydrogen-bond donors (Lipinski definition) is 0. The van der Waals surface area contributed by atoms with E-state index in [-0.39, 0.29) is 23.2 Å². The first-order chi connectivity index (χ1) is 12.7. The first kappa shape index (κ1) is 18.7. The molecule has 0 bridgehead atoms. The van der Waals surface area contributed by atoms with E-state index in [2.05, 4.69) is 0 Å². The molecule has 1 aliphatic carbocycles. The zero-order valence-electron chi connectivity index (χ0n) is 15.0. The fraction of sp³-hybridized carbons (Fsp3) is 0.588. The second kappa shape index (κ2) is 6.46. The fourth-order valence-electron chi connectivity index (χ4n) is 3.89. The van der Waals surface area contributed by atoms with Gasteiger partial charge in [-0.1, -0.05) is 19.3 Å². The molecule has 1 saturated carbocycles. The van der Waals surface area contributed by atoms with Crippen LogP contribution in [0.2, 0.25) is 0 Å². The number of sulfonamides is 1. The lowest BCUT2D eigenvalue weighted by Gasteiger charge is -2.39. The summed E-state index contributed by atoms with van der Waals surface area (Å²) in [6.45, 7) is -0.0208. The summed E-state index contributed by atoms with van der Waals surface area (Å²) in [5.41, 5.74) is 0.691. The van der Waals surface area contributed by atoms with Crippen molar-refractivity contribution in [1.82, 2.24) is 8.87 Å². The Kier molecular flexibility index (Phi) is 4.47. The molecule has 2 fully saturated rings. The number of sulfone groups is 1. The van der Waals surface area contributed by atoms with Crippen LogP contribution in [-0.2, 0) is 26.9 Å². The standard InChI is InChI=1S/C17H22N2O6S2/c1-18-15-9-13(7-8-16(15)25-17(18)20)27(23,24)19-10-14(11-19)26(21,22)12-5-3-2-4-6-12/h7-9,12,14H,2-6,10-11H2,1H3. The van der Waals surface area contributed by atoms with Crippen molar-refractivity contribution in [1.29, 1.82) is 0 Å². The van der Waals surface area contributed by atoms with Crippen molar-refractivity contribution >= 4 is 31.0 Å². The van der Waals surface area contributed by atoms with Crippen LogP contribution in [0.4, 0.5) is 0 Å². The van der Waals surface area contributed by atoms with Crippen LogP contribution in [-0.4, -0.2) is 49.3 Å². The molecule has 0 radical (unpaired) electrons. The van der Waals surface area contributed by atoms with Crippen LogP contribution in [0.1, 0.15) is 32.1 Å². The van der Waals surface area contributed by atoms with Crippen molar-refractivity contribution in [3.05, 3.63) is 28.7 Å². The van der Waals surface area contributed by atoms with E-state index in [0.29, 0.717) is 23.9 Å². The number of rotatable bonds is 4. The predicted molar refractivity (Wildman–Crippen MR) is 99.8 cm³/mol. The zero-order chi connectivity index (χ0) is 19.4. The van der Waals surface area contributed by atoms with Gasteiger partial charge in [0.05, 0.1) is 20.9 Å². The molecule has 27 heavy (non-hydrogen) atoms. The molecule has 2 aliphatic rings. The molecular weight excluding hydrogens is 392 g/mol. The van der Waals surface area contributed by atoms with Crippen LogP contribution in [0.5, 0.6) is 0 Å². The van der Waals surface area contributed by atoms with E-state index in [9.17, 15) is 21.6 Å². The van der Waals surface area contributed by atoms with Gasteiger partial charge in [0.15, 0.2) is 15.4 Å². The molecule has 1 saturated heterocycles. The third-order valence-electron chi connectivity index (χ3n) is 5.70. The normalized spacial score (nSPS) is 20.8. The van der Waals surface area contributed by atoms with Crippen LogP contribution >= 0.6 is 0 Å². The Bertz CT molecular complexity index is 1130. The van der Waals surface area contributed by atoms with Gasteiger partial charge in [0.1, 0.15) is 0 Å². The van der Waals surface area contributed by atoms with Gasteiger partial charge in [0.2, 0.25) is 10.0 Å². The summed E-state index contributed by atoms with van der Waals surface area (Å²) in [6, 6.07) is 4.21. The summed E-state index contributed by atoms with van der Waals surface area (Å²) in [4.78, 5) is 11.6. The Morgan fingerprint density at radius 3 is 2.33 bits per heavy atom. The average molecular weight is 415 g/mol. The van der Waals surface area contributed by atoms with Crippen LogP contribution in [0.3, 0.4) is 0 Å². The molecule has 0 amide bonds. The molecule has 8 nitrogen and oxygen atoms in total. The van der Waals surface area contributed by atoms with Gasteiger partial charge in [-0.05, 0) is 31.0 Å². The maximum absolute atomic E-state index is 12.8. The summed E-state index contributed by atoms with van der Waals surface area (Å²) in [5.74, 6) is -0.567. The van der Waals surface area contributed by atoms with Gasteiger partial charge in [0.25, 0.3) is 0 Å². The van der Waals surface area contributed by atoms with Crippen molar-refractivity contribution in [3.8, 4) is 0 Å². The highest BCUT2D eigenvalue weighted by molar-refractivity contribution is 7.93. The molecule has 0 unspecified atom stereocenters. The molecule has 10 heteroatoms. The molecule has 148 valence electrons. The Morgan fingerprint density at radius 1 is 1.00 bits per heavy atom. The van der Waals surface area contributed by atoms with Crippen molar-refractivity contribution in [2.45, 2.75) is 47.5 Å². The van der Waals surface area contributed by atoms with E-state index >= 15 is 0 Å². The SMILES string of the molecule is Cn1c(=O)oc2ccc(S(=O)(=O)N3CC(S(=O)(=O)C4CCCCC4)C3)cc21. The van der Waals surface area contributed by atoms with Gasteiger partial charge >= 0.3 is 5.76 Å². The highest BCUT2D eigenvalue weighted by atomic mass is 32.2. The second-order valence-corrected chi connectivity index (χ2v) is 11.8. The third-order valence-corrected chi connectivity index (χ3v) is 10.2. The Balaban J connectivity index is 1.54. The van der Waals surface area contributed by atoms with E-state index in [1.54, 1.807) is 0 Å². The molecule has 0 N–H and O–H groups in total. The van der Waals surface area contributed by atoms with Gasteiger partial charge in [-0.15, -0.1) is 0 Å².